The molecule has 1 saturated heterocycles. The van der Waals surface area contributed by atoms with Gasteiger partial charge in [-0.3, -0.25) is 4.79 Å². The maximum atomic E-state index is 12.1. The van der Waals surface area contributed by atoms with E-state index in [1.165, 1.54) is 0 Å². The van der Waals surface area contributed by atoms with Gasteiger partial charge in [-0.2, -0.15) is 0 Å². The van der Waals surface area contributed by atoms with Gasteiger partial charge in [-0.1, -0.05) is 12.1 Å². The lowest BCUT2D eigenvalue weighted by Crippen LogP contribution is -2.37. The van der Waals surface area contributed by atoms with E-state index in [0.29, 0.717) is 12.4 Å². The van der Waals surface area contributed by atoms with Crippen molar-refractivity contribution in [3.8, 4) is 5.75 Å². The molecule has 1 fully saturated rings. The van der Waals surface area contributed by atoms with Crippen LogP contribution < -0.4 is 10.1 Å². The Balaban J connectivity index is 1.84. The number of hydrogen-bond donors (Lipinski definition) is 1. The molecule has 0 bridgehead atoms. The lowest BCUT2D eigenvalue weighted by Gasteiger charge is -2.20. The van der Waals surface area contributed by atoms with Gasteiger partial charge in [0.15, 0.2) is 6.61 Å². The minimum atomic E-state index is 0.0471. The molecule has 0 unspecified atom stereocenters. The topological polar surface area (TPSA) is 50.8 Å². The summed E-state index contributed by atoms with van der Waals surface area (Å²) in [5.74, 6) is 0.756. The third-order valence-electron chi connectivity index (χ3n) is 3.26. The normalized spacial score (nSPS) is 15.8. The van der Waals surface area contributed by atoms with Crippen LogP contribution in [-0.2, 0) is 16.1 Å². The van der Waals surface area contributed by atoms with Gasteiger partial charge in [0.25, 0.3) is 5.91 Å². The van der Waals surface area contributed by atoms with Crippen molar-refractivity contribution in [3.63, 3.8) is 0 Å². The standard InChI is InChI=1S/C15H22N2O3/c1-19-11-13-4-2-5-14(10-13)20-12-15(18)17-8-3-6-16-7-9-17/h2,4-5,10,16H,3,6-9,11-12H2,1H3. The van der Waals surface area contributed by atoms with Crippen LogP contribution >= 0.6 is 0 Å². The Hall–Kier alpha value is -1.59. The summed E-state index contributed by atoms with van der Waals surface area (Å²) < 4.78 is 10.7. The fourth-order valence-electron chi connectivity index (χ4n) is 2.22. The first-order chi connectivity index (χ1) is 9.79. The summed E-state index contributed by atoms with van der Waals surface area (Å²) in [6, 6.07) is 7.64. The van der Waals surface area contributed by atoms with Crippen LogP contribution in [0.5, 0.6) is 5.75 Å². The number of benzene rings is 1. The van der Waals surface area contributed by atoms with Crippen molar-refractivity contribution in [2.75, 3.05) is 39.9 Å². The average molecular weight is 278 g/mol. The number of nitrogens with zero attached hydrogens (tertiary/aromatic N) is 1. The van der Waals surface area contributed by atoms with E-state index in [9.17, 15) is 4.79 Å². The van der Waals surface area contributed by atoms with Gasteiger partial charge in [-0.15, -0.1) is 0 Å². The van der Waals surface area contributed by atoms with Crippen molar-refractivity contribution in [2.45, 2.75) is 13.0 Å². The summed E-state index contributed by atoms with van der Waals surface area (Å²) in [4.78, 5) is 13.9. The van der Waals surface area contributed by atoms with Gasteiger partial charge in [-0.05, 0) is 30.7 Å². The number of ether oxygens (including phenoxy) is 2. The molecule has 110 valence electrons. The van der Waals surface area contributed by atoms with Crippen LogP contribution in [0.4, 0.5) is 0 Å². The third kappa shape index (κ3) is 4.51. The largest absolute Gasteiger partial charge is 0.484 e. The van der Waals surface area contributed by atoms with Crippen LogP contribution in [-0.4, -0.2) is 50.7 Å². The van der Waals surface area contributed by atoms with Crippen molar-refractivity contribution in [2.24, 2.45) is 0 Å². The molecule has 0 aromatic heterocycles. The summed E-state index contributed by atoms with van der Waals surface area (Å²) in [6.45, 7) is 4.03. The quantitative estimate of drug-likeness (QED) is 0.874. The van der Waals surface area contributed by atoms with Crippen molar-refractivity contribution in [3.05, 3.63) is 29.8 Å². The van der Waals surface area contributed by atoms with E-state index in [0.717, 1.165) is 38.2 Å². The molecule has 1 N–H and O–H groups in total. The molecule has 1 aromatic rings. The molecule has 0 saturated carbocycles. The van der Waals surface area contributed by atoms with Crippen LogP contribution in [0.1, 0.15) is 12.0 Å². The van der Waals surface area contributed by atoms with E-state index < -0.39 is 0 Å². The Bertz CT molecular complexity index is 429. The summed E-state index contributed by atoms with van der Waals surface area (Å²) in [5, 5.41) is 3.28. The molecule has 5 nitrogen and oxygen atoms in total. The van der Waals surface area contributed by atoms with Crippen molar-refractivity contribution in [1.29, 1.82) is 0 Å². The smallest absolute Gasteiger partial charge is 0.260 e. The highest BCUT2D eigenvalue weighted by atomic mass is 16.5. The molecule has 0 radical (unpaired) electrons. The molecule has 1 heterocycles. The van der Waals surface area contributed by atoms with Crippen molar-refractivity contribution < 1.29 is 14.3 Å². The third-order valence-corrected chi connectivity index (χ3v) is 3.26. The van der Waals surface area contributed by atoms with Crippen molar-refractivity contribution >= 4 is 5.91 Å². The molecule has 1 aliphatic heterocycles. The lowest BCUT2D eigenvalue weighted by molar-refractivity contribution is -0.133. The van der Waals surface area contributed by atoms with Crippen LogP contribution in [0, 0.1) is 0 Å². The highest BCUT2D eigenvalue weighted by Crippen LogP contribution is 2.14. The summed E-state index contributed by atoms with van der Waals surface area (Å²) in [5.41, 5.74) is 1.04. The van der Waals surface area contributed by atoms with Crippen LogP contribution in [0.2, 0.25) is 0 Å². The molecule has 0 spiro atoms. The molecule has 20 heavy (non-hydrogen) atoms. The molecule has 5 heteroatoms. The zero-order valence-electron chi connectivity index (χ0n) is 11.9. The number of carbonyl (C=O) groups is 1. The van der Waals surface area contributed by atoms with E-state index in [1.807, 2.05) is 29.2 Å². The second-order valence-corrected chi connectivity index (χ2v) is 4.85. The Morgan fingerprint density at radius 3 is 3.10 bits per heavy atom. The Morgan fingerprint density at radius 2 is 2.25 bits per heavy atom. The Labute approximate surface area is 119 Å². The first kappa shape index (κ1) is 14.8. The fraction of sp³-hybridized carbons (Fsp3) is 0.533. The van der Waals surface area contributed by atoms with Gasteiger partial charge in [-0.25, -0.2) is 0 Å². The maximum Gasteiger partial charge on any atom is 0.260 e. The second-order valence-electron chi connectivity index (χ2n) is 4.85. The van der Waals surface area contributed by atoms with Gasteiger partial charge in [0, 0.05) is 26.7 Å². The van der Waals surface area contributed by atoms with Gasteiger partial charge < -0.3 is 19.7 Å². The van der Waals surface area contributed by atoms with Crippen molar-refractivity contribution in [1.82, 2.24) is 10.2 Å². The summed E-state index contributed by atoms with van der Waals surface area (Å²) in [6.07, 6.45) is 0.995. The molecule has 1 aromatic carbocycles. The number of amides is 1. The highest BCUT2D eigenvalue weighted by Gasteiger charge is 2.15. The van der Waals surface area contributed by atoms with Crippen LogP contribution in [0.3, 0.4) is 0 Å². The Kier molecular flexibility index (Phi) is 5.83. The van der Waals surface area contributed by atoms with E-state index in [4.69, 9.17) is 9.47 Å². The number of nitrogens with one attached hydrogen (secondary N) is 1. The monoisotopic (exact) mass is 278 g/mol. The highest BCUT2D eigenvalue weighted by molar-refractivity contribution is 5.77. The number of methoxy groups -OCH3 is 1. The average Bonchev–Trinajstić information content (AvgIpc) is 2.75. The summed E-state index contributed by atoms with van der Waals surface area (Å²) >= 11 is 0. The van der Waals surface area contributed by atoms with Crippen LogP contribution in [0.15, 0.2) is 24.3 Å². The van der Waals surface area contributed by atoms with Gasteiger partial charge in [0.05, 0.1) is 6.61 Å². The fourth-order valence-corrected chi connectivity index (χ4v) is 2.22. The summed E-state index contributed by atoms with van der Waals surface area (Å²) in [7, 11) is 1.66. The number of carbonyl (C=O) groups excluding carboxylic acids is 1. The van der Waals surface area contributed by atoms with Crippen LogP contribution in [0.25, 0.3) is 0 Å². The second kappa shape index (κ2) is 7.87. The van der Waals surface area contributed by atoms with E-state index in [-0.39, 0.29) is 12.5 Å². The predicted octanol–water partition coefficient (Wildman–Crippen LogP) is 1.03. The van der Waals surface area contributed by atoms with E-state index in [2.05, 4.69) is 5.32 Å². The molecule has 1 aliphatic rings. The SMILES string of the molecule is COCc1cccc(OCC(=O)N2CCCNCC2)c1. The minimum Gasteiger partial charge on any atom is -0.484 e. The molecular formula is C15H22N2O3. The number of hydrogen-bond acceptors (Lipinski definition) is 4. The first-order valence-electron chi connectivity index (χ1n) is 6.99. The van der Waals surface area contributed by atoms with E-state index in [1.54, 1.807) is 7.11 Å². The van der Waals surface area contributed by atoms with Gasteiger partial charge >= 0.3 is 0 Å². The predicted molar refractivity (Wildman–Crippen MR) is 76.7 cm³/mol. The molecule has 1 amide bonds. The molecular weight excluding hydrogens is 256 g/mol. The lowest BCUT2D eigenvalue weighted by atomic mass is 10.2. The Morgan fingerprint density at radius 1 is 1.35 bits per heavy atom. The molecule has 2 rings (SSSR count). The number of rotatable bonds is 5. The zero-order valence-corrected chi connectivity index (χ0v) is 11.9. The van der Waals surface area contributed by atoms with Gasteiger partial charge in [0.2, 0.25) is 0 Å². The zero-order chi connectivity index (χ0) is 14.2. The molecule has 0 atom stereocenters. The first-order valence-corrected chi connectivity index (χ1v) is 6.99. The maximum absolute atomic E-state index is 12.1. The van der Waals surface area contributed by atoms with Gasteiger partial charge in [0.1, 0.15) is 5.75 Å². The molecule has 0 aliphatic carbocycles. The van der Waals surface area contributed by atoms with E-state index >= 15 is 0 Å². The minimum absolute atomic E-state index is 0.0471.